The molecule has 3 aromatic rings. The zero-order valence-corrected chi connectivity index (χ0v) is 20.7. The van der Waals surface area contributed by atoms with Gasteiger partial charge in [-0.25, -0.2) is 13.1 Å². The summed E-state index contributed by atoms with van der Waals surface area (Å²) >= 11 is 0. The Morgan fingerprint density at radius 1 is 1.11 bits per heavy atom. The Balaban J connectivity index is 1.26. The first-order chi connectivity index (χ1) is 16.8. The summed E-state index contributed by atoms with van der Waals surface area (Å²) in [5.74, 6) is -0.216. The topological polar surface area (TPSA) is 94.7 Å². The van der Waals surface area contributed by atoms with Gasteiger partial charge in [-0.15, -0.1) is 0 Å². The Kier molecular flexibility index (Phi) is 5.39. The van der Waals surface area contributed by atoms with Crippen LogP contribution in [0.2, 0.25) is 0 Å². The van der Waals surface area contributed by atoms with Crippen LogP contribution in [0.15, 0.2) is 47.4 Å². The fraction of sp³-hybridized carbons (Fsp3) is 0.423. The third-order valence-corrected chi connectivity index (χ3v) is 8.76. The number of amides is 1. The lowest BCUT2D eigenvalue weighted by atomic mass is 10.1. The van der Waals surface area contributed by atoms with Gasteiger partial charge < -0.3 is 19.5 Å². The van der Waals surface area contributed by atoms with Crippen molar-refractivity contribution in [3.8, 4) is 11.3 Å². The second-order valence-corrected chi connectivity index (χ2v) is 11.7. The number of fused-ring (bicyclic) bond motifs is 1. The first-order valence-electron chi connectivity index (χ1n) is 12.2. The molecule has 0 bridgehead atoms. The summed E-state index contributed by atoms with van der Waals surface area (Å²) in [5, 5.41) is 1.08. The number of carbonyl (C=O) groups is 1. The lowest BCUT2D eigenvalue weighted by Gasteiger charge is -2.35. The fourth-order valence-corrected chi connectivity index (χ4v) is 5.97. The molecule has 2 saturated heterocycles. The van der Waals surface area contributed by atoms with Crippen LogP contribution < -0.4 is 9.62 Å². The molecule has 9 heteroatoms. The number of hydrogen-bond donors (Lipinski definition) is 2. The van der Waals surface area contributed by atoms with Crippen molar-refractivity contribution in [2.45, 2.75) is 36.7 Å². The quantitative estimate of drug-likeness (QED) is 0.549. The van der Waals surface area contributed by atoms with E-state index in [1.807, 2.05) is 13.0 Å². The maximum absolute atomic E-state index is 13.2. The molecule has 3 aliphatic rings. The smallest absolute Gasteiger partial charge is 0.241 e. The number of nitrogens with zero attached hydrogens (tertiary/aromatic N) is 2. The average Bonchev–Trinajstić information content (AvgIpc) is 3.41. The molecule has 35 heavy (non-hydrogen) atoms. The number of H-pyrrole nitrogens is 1. The van der Waals surface area contributed by atoms with E-state index < -0.39 is 10.0 Å². The number of aromatic amines is 1. The molecule has 2 N–H and O–H groups in total. The summed E-state index contributed by atoms with van der Waals surface area (Å²) in [4.78, 5) is 20.3. The van der Waals surface area contributed by atoms with E-state index in [1.54, 1.807) is 17.0 Å². The van der Waals surface area contributed by atoms with Crippen LogP contribution in [0.3, 0.4) is 0 Å². The Bertz CT molecular complexity index is 1410. The molecule has 8 nitrogen and oxygen atoms in total. The molecule has 6 rings (SSSR count). The molecule has 0 unspecified atom stereocenters. The Labute approximate surface area is 205 Å². The van der Waals surface area contributed by atoms with E-state index in [9.17, 15) is 13.2 Å². The molecule has 1 aromatic heterocycles. The minimum Gasteiger partial charge on any atom is -0.371 e. The van der Waals surface area contributed by atoms with Gasteiger partial charge in [0, 0.05) is 54.0 Å². The van der Waals surface area contributed by atoms with Crippen LogP contribution in [0.4, 0.5) is 5.69 Å². The maximum atomic E-state index is 13.2. The first-order valence-corrected chi connectivity index (χ1v) is 13.7. The van der Waals surface area contributed by atoms with Crippen LogP contribution in [0, 0.1) is 6.92 Å². The van der Waals surface area contributed by atoms with E-state index in [4.69, 9.17) is 4.74 Å². The van der Waals surface area contributed by atoms with Crippen LogP contribution in [0.1, 0.15) is 24.8 Å². The number of carbonyl (C=O) groups excluding carboxylic acids is 1. The van der Waals surface area contributed by atoms with E-state index in [-0.39, 0.29) is 22.9 Å². The summed E-state index contributed by atoms with van der Waals surface area (Å²) in [6.07, 6.45) is 3.04. The van der Waals surface area contributed by atoms with E-state index >= 15 is 0 Å². The van der Waals surface area contributed by atoms with Gasteiger partial charge in [0.15, 0.2) is 0 Å². The number of benzene rings is 2. The highest BCUT2D eigenvalue weighted by Gasteiger charge is 2.48. The van der Waals surface area contributed by atoms with Crippen molar-refractivity contribution in [1.82, 2.24) is 14.6 Å². The first kappa shape index (κ1) is 22.6. The number of hydrogen-bond acceptors (Lipinski definition) is 5. The molecule has 1 spiro atoms. The molecule has 0 radical (unpaired) electrons. The highest BCUT2D eigenvalue weighted by molar-refractivity contribution is 7.89. The summed E-state index contributed by atoms with van der Waals surface area (Å²) in [6.45, 7) is 5.24. The molecule has 1 saturated carbocycles. The van der Waals surface area contributed by atoms with Crippen LogP contribution in [-0.2, 0) is 19.6 Å². The standard InChI is InChI=1S/C26H30N4O4S/c1-18-3-4-19-14-23(28-22(19)13-18)21-15-20(5-6-24(21)29-9-2-10-29)35(32,33)27-16-25(31)30-11-12-34-26(17-30)7-8-26/h3-6,13-15,27-28H,2,7-12,16-17H2,1H3. The van der Waals surface area contributed by atoms with Gasteiger partial charge in [-0.3, -0.25) is 4.79 Å². The third kappa shape index (κ3) is 4.32. The van der Waals surface area contributed by atoms with Crippen LogP contribution in [0.5, 0.6) is 0 Å². The highest BCUT2D eigenvalue weighted by atomic mass is 32.2. The van der Waals surface area contributed by atoms with Crippen molar-refractivity contribution in [3.05, 3.63) is 48.0 Å². The molecular weight excluding hydrogens is 464 g/mol. The zero-order valence-electron chi connectivity index (χ0n) is 19.8. The van der Waals surface area contributed by atoms with Gasteiger partial charge in [-0.05, 0) is 62.1 Å². The van der Waals surface area contributed by atoms with Crippen molar-refractivity contribution in [3.63, 3.8) is 0 Å². The zero-order chi connectivity index (χ0) is 24.2. The summed E-state index contributed by atoms with van der Waals surface area (Å²) in [5.41, 5.74) is 4.72. The normalized spacial score (nSPS) is 19.2. The lowest BCUT2D eigenvalue weighted by Crippen LogP contribution is -2.50. The number of rotatable bonds is 6. The van der Waals surface area contributed by atoms with Crippen molar-refractivity contribution in [2.24, 2.45) is 0 Å². The number of sulfonamides is 1. The predicted molar refractivity (Wildman–Crippen MR) is 135 cm³/mol. The summed E-state index contributed by atoms with van der Waals surface area (Å²) in [7, 11) is -3.87. The summed E-state index contributed by atoms with van der Waals surface area (Å²) < 4.78 is 34.7. The minimum atomic E-state index is -3.87. The largest absolute Gasteiger partial charge is 0.371 e. The molecule has 184 valence electrons. The molecule has 1 amide bonds. The number of aryl methyl sites for hydroxylation is 1. The van der Waals surface area contributed by atoms with Gasteiger partial charge in [0.25, 0.3) is 0 Å². The van der Waals surface area contributed by atoms with E-state index in [1.165, 1.54) is 0 Å². The van der Waals surface area contributed by atoms with Gasteiger partial charge in [-0.1, -0.05) is 12.1 Å². The van der Waals surface area contributed by atoms with Gasteiger partial charge in [0.2, 0.25) is 15.9 Å². The number of morpholine rings is 1. The Morgan fingerprint density at radius 3 is 2.69 bits per heavy atom. The van der Waals surface area contributed by atoms with E-state index in [2.05, 4.69) is 38.9 Å². The minimum absolute atomic E-state index is 0.153. The molecule has 1 aliphatic carbocycles. The third-order valence-electron chi connectivity index (χ3n) is 7.37. The fourth-order valence-electron chi connectivity index (χ4n) is 4.97. The molecular formula is C26H30N4O4S. The summed E-state index contributed by atoms with van der Waals surface area (Å²) in [6, 6.07) is 13.5. The lowest BCUT2D eigenvalue weighted by molar-refractivity contribution is -0.139. The number of nitrogens with one attached hydrogen (secondary N) is 2. The SMILES string of the molecule is Cc1ccc2cc(-c3cc(S(=O)(=O)NCC(=O)N4CCOC5(CC5)C4)ccc3N3CCC3)[nH]c2c1. The van der Waals surface area contributed by atoms with Crippen LogP contribution >= 0.6 is 0 Å². The van der Waals surface area contributed by atoms with Crippen LogP contribution in [0.25, 0.3) is 22.2 Å². The Hall–Kier alpha value is -2.88. The number of anilines is 1. The molecule has 3 fully saturated rings. The van der Waals surface area contributed by atoms with Gasteiger partial charge >= 0.3 is 0 Å². The Morgan fingerprint density at radius 2 is 1.94 bits per heavy atom. The monoisotopic (exact) mass is 494 g/mol. The van der Waals surface area contributed by atoms with Crippen molar-refractivity contribution < 1.29 is 17.9 Å². The second-order valence-electron chi connectivity index (χ2n) is 9.96. The average molecular weight is 495 g/mol. The maximum Gasteiger partial charge on any atom is 0.241 e. The molecule has 3 heterocycles. The van der Waals surface area contributed by atoms with Crippen molar-refractivity contribution >= 4 is 32.5 Å². The predicted octanol–water partition coefficient (Wildman–Crippen LogP) is 3.02. The van der Waals surface area contributed by atoms with Gasteiger partial charge in [0.1, 0.15) is 0 Å². The highest BCUT2D eigenvalue weighted by Crippen LogP contribution is 2.42. The number of ether oxygens (including phenoxy) is 1. The second kappa shape index (κ2) is 8.36. The van der Waals surface area contributed by atoms with E-state index in [0.717, 1.165) is 65.8 Å². The number of aromatic nitrogens is 1. The van der Waals surface area contributed by atoms with Crippen molar-refractivity contribution in [1.29, 1.82) is 0 Å². The van der Waals surface area contributed by atoms with Crippen LogP contribution in [-0.4, -0.2) is 69.1 Å². The molecule has 2 aromatic carbocycles. The van der Waals surface area contributed by atoms with E-state index in [0.29, 0.717) is 19.7 Å². The van der Waals surface area contributed by atoms with Gasteiger partial charge in [-0.2, -0.15) is 0 Å². The van der Waals surface area contributed by atoms with Crippen molar-refractivity contribution in [2.75, 3.05) is 44.2 Å². The molecule has 0 atom stereocenters. The van der Waals surface area contributed by atoms with Gasteiger partial charge in [0.05, 0.1) is 23.6 Å². The molecule has 2 aliphatic heterocycles.